The average molecular weight is 414 g/mol. The van der Waals surface area contributed by atoms with E-state index in [1.165, 1.54) is 0 Å². The van der Waals surface area contributed by atoms with Crippen LogP contribution in [-0.2, 0) is 14.3 Å². The smallest absolute Gasteiger partial charge is 0.407 e. The quantitative estimate of drug-likeness (QED) is 0.601. The number of benzene rings is 1. The number of nitrogens with zero attached hydrogens (tertiary/aromatic N) is 1. The van der Waals surface area contributed by atoms with Crippen LogP contribution in [0.3, 0.4) is 0 Å². The van der Waals surface area contributed by atoms with Crippen LogP contribution < -0.4 is 10.8 Å². The van der Waals surface area contributed by atoms with Gasteiger partial charge < -0.3 is 14.8 Å². The van der Waals surface area contributed by atoms with Crippen LogP contribution in [0.2, 0.25) is 0 Å². The molecule has 1 aromatic carbocycles. The number of methoxy groups -OCH3 is 1. The van der Waals surface area contributed by atoms with Gasteiger partial charge in [-0.2, -0.15) is 0 Å². The molecule has 0 fully saturated rings. The Hall–Kier alpha value is -3.06. The Labute approximate surface area is 178 Å². The van der Waals surface area contributed by atoms with Crippen molar-refractivity contribution >= 4 is 11.9 Å². The van der Waals surface area contributed by atoms with Crippen molar-refractivity contribution in [2.24, 2.45) is 4.99 Å². The molecule has 0 spiro atoms. The lowest BCUT2D eigenvalue weighted by Gasteiger charge is -2.18. The third-order valence-electron chi connectivity index (χ3n) is 4.53. The normalized spacial score (nSPS) is 21.6. The number of carbonyl (C=O) groups is 1. The number of allylic oxidation sites excluding steroid dienone is 2. The van der Waals surface area contributed by atoms with Gasteiger partial charge in [-0.15, -0.1) is 6.58 Å². The van der Waals surface area contributed by atoms with Crippen LogP contribution in [-0.4, -0.2) is 44.8 Å². The number of aliphatic imine (C=N–C) groups is 1. The van der Waals surface area contributed by atoms with E-state index in [0.717, 1.165) is 11.3 Å². The van der Waals surface area contributed by atoms with Crippen molar-refractivity contribution < 1.29 is 19.1 Å². The first-order valence-electron chi connectivity index (χ1n) is 10.1. The van der Waals surface area contributed by atoms with Crippen LogP contribution in [0, 0.1) is 0 Å². The van der Waals surface area contributed by atoms with Crippen molar-refractivity contribution in [2.45, 2.75) is 31.8 Å². The van der Waals surface area contributed by atoms with Crippen LogP contribution in [0.25, 0.3) is 0 Å². The highest BCUT2D eigenvalue weighted by atomic mass is 16.7. The van der Waals surface area contributed by atoms with Crippen molar-refractivity contribution in [2.75, 3.05) is 26.8 Å². The summed E-state index contributed by atoms with van der Waals surface area (Å²) in [5, 5.41) is 2.63. The van der Waals surface area contributed by atoms with Crippen molar-refractivity contribution in [1.29, 1.82) is 0 Å². The van der Waals surface area contributed by atoms with Crippen molar-refractivity contribution in [3.05, 3.63) is 72.5 Å². The molecule has 2 unspecified atom stereocenters. The van der Waals surface area contributed by atoms with E-state index in [-0.39, 0.29) is 12.0 Å². The second kappa shape index (κ2) is 13.2. The van der Waals surface area contributed by atoms with Crippen molar-refractivity contribution in [3.8, 4) is 0 Å². The van der Waals surface area contributed by atoms with Gasteiger partial charge in [0.05, 0.1) is 20.1 Å². The molecule has 2 rings (SSSR count). The van der Waals surface area contributed by atoms with Gasteiger partial charge in [-0.1, -0.05) is 42.5 Å². The van der Waals surface area contributed by atoms with Crippen molar-refractivity contribution in [1.82, 2.24) is 10.8 Å². The Morgan fingerprint density at radius 3 is 2.93 bits per heavy atom. The predicted octanol–water partition coefficient (Wildman–Crippen LogP) is 3.87. The molecule has 1 aliphatic rings. The van der Waals surface area contributed by atoms with E-state index in [1.807, 2.05) is 43.4 Å². The minimum Gasteiger partial charge on any atom is -0.501 e. The number of hydroxylamine groups is 1. The fourth-order valence-electron chi connectivity index (χ4n) is 2.86. The van der Waals surface area contributed by atoms with E-state index in [2.05, 4.69) is 29.5 Å². The van der Waals surface area contributed by atoms with Gasteiger partial charge in [-0.3, -0.25) is 15.3 Å². The number of amidine groups is 1. The highest BCUT2D eigenvalue weighted by Gasteiger charge is 2.15. The summed E-state index contributed by atoms with van der Waals surface area (Å²) in [5.41, 5.74) is 4.07. The lowest BCUT2D eigenvalue weighted by Crippen LogP contribution is -2.29. The summed E-state index contributed by atoms with van der Waals surface area (Å²) in [6.07, 6.45) is 7.77. The standard InChI is InChI=1S/C23H31N3O4/c1-4-20-12-9-13-21(28-3)16-22(26-30-20)25-17-19(18-10-7-6-8-11-18)14-15-29-23(27)24-5-2/h4,6-13,19-20H,1,5,14-17H2,2-3H3,(H,24,27)(H,25,26)/b12-9-,21-13+. The summed E-state index contributed by atoms with van der Waals surface area (Å²) < 4.78 is 10.7. The van der Waals surface area contributed by atoms with Gasteiger partial charge in [0.15, 0.2) is 0 Å². The number of amides is 1. The fraction of sp³-hybridized carbons (Fsp3) is 0.391. The van der Waals surface area contributed by atoms with Crippen LogP contribution in [0.4, 0.5) is 4.79 Å². The van der Waals surface area contributed by atoms with Gasteiger partial charge in [-0.25, -0.2) is 4.79 Å². The largest absolute Gasteiger partial charge is 0.501 e. The number of nitrogens with one attached hydrogen (secondary N) is 2. The molecular weight excluding hydrogens is 382 g/mol. The fourth-order valence-corrected chi connectivity index (χ4v) is 2.86. The summed E-state index contributed by atoms with van der Waals surface area (Å²) in [6, 6.07) is 10.1. The Kier molecular flexibility index (Phi) is 10.2. The van der Waals surface area contributed by atoms with E-state index in [4.69, 9.17) is 19.3 Å². The molecule has 0 saturated heterocycles. The summed E-state index contributed by atoms with van der Waals surface area (Å²) in [7, 11) is 1.63. The Balaban J connectivity index is 2.09. The highest BCUT2D eigenvalue weighted by molar-refractivity contribution is 5.83. The Morgan fingerprint density at radius 1 is 1.43 bits per heavy atom. The molecule has 0 bridgehead atoms. The number of ether oxygens (including phenoxy) is 2. The maximum Gasteiger partial charge on any atom is 0.407 e. The first-order chi connectivity index (χ1) is 14.7. The zero-order chi connectivity index (χ0) is 21.6. The lowest BCUT2D eigenvalue weighted by atomic mass is 9.96. The van der Waals surface area contributed by atoms with Gasteiger partial charge >= 0.3 is 6.09 Å². The van der Waals surface area contributed by atoms with E-state index in [9.17, 15) is 4.79 Å². The second-order valence-corrected chi connectivity index (χ2v) is 6.67. The van der Waals surface area contributed by atoms with Gasteiger partial charge in [0.2, 0.25) is 0 Å². The minimum atomic E-state index is -0.403. The highest BCUT2D eigenvalue weighted by Crippen LogP contribution is 2.20. The third kappa shape index (κ3) is 8.13. The molecule has 1 aliphatic heterocycles. The number of carbonyl (C=O) groups excluding carboxylic acids is 1. The van der Waals surface area contributed by atoms with Gasteiger partial charge in [0.25, 0.3) is 0 Å². The number of rotatable bonds is 9. The van der Waals surface area contributed by atoms with E-state index >= 15 is 0 Å². The first kappa shape index (κ1) is 23.2. The number of alkyl carbamates (subject to hydrolysis) is 1. The van der Waals surface area contributed by atoms with Gasteiger partial charge in [0, 0.05) is 19.0 Å². The molecule has 1 amide bonds. The molecule has 2 atom stereocenters. The predicted molar refractivity (Wildman–Crippen MR) is 118 cm³/mol. The molecule has 162 valence electrons. The van der Waals surface area contributed by atoms with Gasteiger partial charge in [-0.05, 0) is 31.1 Å². The lowest BCUT2D eigenvalue weighted by molar-refractivity contribution is 0.0651. The van der Waals surface area contributed by atoms with Crippen LogP contribution in [0.15, 0.2) is 72.0 Å². The molecule has 0 saturated carbocycles. The summed E-state index contributed by atoms with van der Waals surface area (Å²) in [6.45, 7) is 6.99. The zero-order valence-corrected chi connectivity index (χ0v) is 17.7. The number of hydrogen-bond donors (Lipinski definition) is 2. The van der Waals surface area contributed by atoms with Crippen LogP contribution >= 0.6 is 0 Å². The first-order valence-corrected chi connectivity index (χ1v) is 10.1. The van der Waals surface area contributed by atoms with Crippen LogP contribution in [0.5, 0.6) is 0 Å². The monoisotopic (exact) mass is 413 g/mol. The van der Waals surface area contributed by atoms with E-state index in [0.29, 0.717) is 38.4 Å². The van der Waals surface area contributed by atoms with E-state index < -0.39 is 6.09 Å². The average Bonchev–Trinajstić information content (AvgIpc) is 2.87. The van der Waals surface area contributed by atoms with E-state index in [1.54, 1.807) is 13.2 Å². The number of hydrogen-bond acceptors (Lipinski definition) is 5. The van der Waals surface area contributed by atoms with Crippen molar-refractivity contribution in [3.63, 3.8) is 0 Å². The molecule has 0 radical (unpaired) electrons. The second-order valence-electron chi connectivity index (χ2n) is 6.67. The SMILES string of the molecule is C=CC1/C=C\C=C(\OC)CC(=NCC(CCOC(=O)NCC)c2ccccc2)NO1. The Bertz CT molecular complexity index is 759. The summed E-state index contributed by atoms with van der Waals surface area (Å²) in [5.74, 6) is 1.51. The maximum absolute atomic E-state index is 11.6. The minimum absolute atomic E-state index is 0.0888. The molecule has 30 heavy (non-hydrogen) atoms. The van der Waals surface area contributed by atoms with Crippen LogP contribution in [0.1, 0.15) is 31.2 Å². The molecule has 1 heterocycles. The maximum atomic E-state index is 11.6. The summed E-state index contributed by atoms with van der Waals surface area (Å²) >= 11 is 0. The molecular formula is C23H31N3O4. The third-order valence-corrected chi connectivity index (χ3v) is 4.53. The zero-order valence-electron chi connectivity index (χ0n) is 17.7. The van der Waals surface area contributed by atoms with Gasteiger partial charge in [0.1, 0.15) is 17.7 Å². The Morgan fingerprint density at radius 2 is 2.23 bits per heavy atom. The molecule has 7 heteroatoms. The molecule has 2 N–H and O–H groups in total. The molecule has 0 aromatic heterocycles. The molecule has 1 aromatic rings. The summed E-state index contributed by atoms with van der Waals surface area (Å²) in [4.78, 5) is 22.0. The topological polar surface area (TPSA) is 81.2 Å². The molecule has 7 nitrogen and oxygen atoms in total. The molecule has 0 aliphatic carbocycles.